The van der Waals surface area contributed by atoms with Crippen LogP contribution in [-0.4, -0.2) is 30.0 Å². The van der Waals surface area contributed by atoms with Gasteiger partial charge in [-0.15, -0.1) is 0 Å². The number of anilines is 1. The molecular formula is C15H19N3O2. The highest BCUT2D eigenvalue weighted by molar-refractivity contribution is 5.42. The van der Waals surface area contributed by atoms with Crippen molar-refractivity contribution in [3.05, 3.63) is 24.0 Å². The summed E-state index contributed by atoms with van der Waals surface area (Å²) in [4.78, 5) is 4.03. The maximum atomic E-state index is 8.70. The van der Waals surface area contributed by atoms with Gasteiger partial charge in [0, 0.05) is 19.4 Å². The largest absolute Gasteiger partial charge is 0.381 e. The van der Waals surface area contributed by atoms with Gasteiger partial charge < -0.3 is 14.8 Å². The summed E-state index contributed by atoms with van der Waals surface area (Å²) in [5.41, 5.74) is 1.33. The van der Waals surface area contributed by atoms with Crippen molar-refractivity contribution in [2.75, 3.05) is 18.5 Å². The fraction of sp³-hybridized carbons (Fsp3) is 0.600. The molecule has 5 heteroatoms. The van der Waals surface area contributed by atoms with Crippen molar-refractivity contribution in [1.82, 2.24) is 4.98 Å². The highest BCUT2D eigenvalue weighted by Gasteiger charge is 2.41. The van der Waals surface area contributed by atoms with Gasteiger partial charge in [0.25, 0.3) is 0 Å². The zero-order valence-electron chi connectivity index (χ0n) is 11.5. The summed E-state index contributed by atoms with van der Waals surface area (Å²) in [6.45, 7) is 1.35. The number of aromatic nitrogens is 1. The minimum Gasteiger partial charge on any atom is -0.381 e. The molecule has 106 valence electrons. The molecule has 0 bridgehead atoms. The third kappa shape index (κ3) is 2.92. The van der Waals surface area contributed by atoms with Gasteiger partial charge in [0.2, 0.25) is 0 Å². The van der Waals surface area contributed by atoms with E-state index >= 15 is 0 Å². The number of hydrogen-bond donors (Lipinski definition) is 1. The molecule has 0 radical (unpaired) electrons. The molecule has 1 aromatic rings. The van der Waals surface area contributed by atoms with E-state index in [-0.39, 0.29) is 11.9 Å². The van der Waals surface area contributed by atoms with E-state index in [1.165, 1.54) is 19.3 Å². The van der Waals surface area contributed by atoms with Gasteiger partial charge in [-0.3, -0.25) is 0 Å². The van der Waals surface area contributed by atoms with E-state index in [2.05, 4.69) is 10.3 Å². The van der Waals surface area contributed by atoms with Gasteiger partial charge in [-0.1, -0.05) is 6.42 Å². The maximum absolute atomic E-state index is 8.70. The van der Waals surface area contributed by atoms with Crippen LogP contribution < -0.4 is 5.32 Å². The molecule has 1 spiro atoms. The Bertz CT molecular complexity index is 489. The lowest BCUT2D eigenvalue weighted by Gasteiger charge is -2.31. The van der Waals surface area contributed by atoms with E-state index < -0.39 is 0 Å². The number of nitrogens with zero attached hydrogens (tertiary/aromatic N) is 2. The van der Waals surface area contributed by atoms with E-state index in [0.29, 0.717) is 18.8 Å². The molecule has 2 fully saturated rings. The molecular weight excluding hydrogens is 254 g/mol. The monoisotopic (exact) mass is 273 g/mol. The van der Waals surface area contributed by atoms with Crippen LogP contribution in [0.4, 0.5) is 5.69 Å². The van der Waals surface area contributed by atoms with Crippen molar-refractivity contribution in [3.8, 4) is 6.07 Å². The molecule has 0 amide bonds. The van der Waals surface area contributed by atoms with Crippen LogP contribution in [0.5, 0.6) is 0 Å². The number of nitrogens with one attached hydrogen (secondary N) is 1. The number of hydrogen-bond acceptors (Lipinski definition) is 5. The minimum absolute atomic E-state index is 0.0868. The molecule has 1 aliphatic heterocycles. The predicted octanol–water partition coefficient (Wildman–Crippen LogP) is 2.44. The number of ether oxygens (including phenoxy) is 2. The highest BCUT2D eigenvalue weighted by Crippen LogP contribution is 2.37. The lowest BCUT2D eigenvalue weighted by Crippen LogP contribution is -2.34. The van der Waals surface area contributed by atoms with Crippen molar-refractivity contribution in [1.29, 1.82) is 5.26 Å². The molecule has 2 aliphatic rings. The average Bonchev–Trinajstić information content (AvgIpc) is 2.89. The first-order chi connectivity index (χ1) is 9.80. The molecule has 1 atom stereocenters. The van der Waals surface area contributed by atoms with E-state index in [1.807, 2.05) is 12.1 Å². The lowest BCUT2D eigenvalue weighted by atomic mass is 9.94. The third-order valence-electron chi connectivity index (χ3n) is 3.94. The van der Waals surface area contributed by atoms with Crippen molar-refractivity contribution in [2.24, 2.45) is 0 Å². The molecule has 1 saturated heterocycles. The van der Waals surface area contributed by atoms with E-state index in [1.54, 1.807) is 12.3 Å². The topological polar surface area (TPSA) is 67.2 Å². The Morgan fingerprint density at radius 3 is 2.90 bits per heavy atom. The van der Waals surface area contributed by atoms with Crippen molar-refractivity contribution in [2.45, 2.75) is 44.0 Å². The van der Waals surface area contributed by atoms with Crippen LogP contribution in [-0.2, 0) is 9.47 Å². The molecule has 1 aromatic heterocycles. The van der Waals surface area contributed by atoms with Gasteiger partial charge >= 0.3 is 0 Å². The smallest absolute Gasteiger partial charge is 0.168 e. The molecule has 2 heterocycles. The van der Waals surface area contributed by atoms with Crippen LogP contribution in [0, 0.1) is 11.3 Å². The van der Waals surface area contributed by atoms with Crippen LogP contribution in [0.3, 0.4) is 0 Å². The number of pyridine rings is 1. The van der Waals surface area contributed by atoms with Crippen molar-refractivity contribution < 1.29 is 9.47 Å². The lowest BCUT2D eigenvalue weighted by molar-refractivity contribution is -0.185. The predicted molar refractivity (Wildman–Crippen MR) is 74.1 cm³/mol. The Hall–Kier alpha value is -1.64. The Morgan fingerprint density at radius 1 is 1.35 bits per heavy atom. The van der Waals surface area contributed by atoms with Gasteiger partial charge in [0.1, 0.15) is 17.9 Å². The Balaban J connectivity index is 1.50. The summed E-state index contributed by atoms with van der Waals surface area (Å²) in [7, 11) is 0. The first-order valence-electron chi connectivity index (χ1n) is 7.21. The van der Waals surface area contributed by atoms with E-state index in [0.717, 1.165) is 18.5 Å². The molecule has 5 nitrogen and oxygen atoms in total. The first kappa shape index (κ1) is 13.3. The first-order valence-corrected chi connectivity index (χ1v) is 7.21. The van der Waals surface area contributed by atoms with Gasteiger partial charge in [0.05, 0.1) is 18.5 Å². The molecule has 1 unspecified atom stereocenters. The van der Waals surface area contributed by atoms with Gasteiger partial charge in [-0.25, -0.2) is 4.98 Å². The standard InChI is InChI=1S/C15H19N3O2/c16-8-12-4-5-13(9-17-12)18-10-14-11-19-15(20-14)6-2-1-3-7-15/h4-5,9,14,18H,1-3,6-7,10-11H2. The third-order valence-corrected chi connectivity index (χ3v) is 3.94. The molecule has 20 heavy (non-hydrogen) atoms. The fourth-order valence-corrected chi connectivity index (χ4v) is 2.87. The molecule has 1 saturated carbocycles. The average molecular weight is 273 g/mol. The van der Waals surface area contributed by atoms with Crippen LogP contribution in [0.1, 0.15) is 37.8 Å². The van der Waals surface area contributed by atoms with Gasteiger partial charge in [-0.2, -0.15) is 5.26 Å². The molecule has 1 N–H and O–H groups in total. The summed E-state index contributed by atoms with van der Waals surface area (Å²) < 4.78 is 12.0. The molecule has 3 rings (SSSR count). The normalized spacial score (nSPS) is 24.4. The van der Waals surface area contributed by atoms with Gasteiger partial charge in [0.15, 0.2) is 5.79 Å². The fourth-order valence-electron chi connectivity index (χ4n) is 2.87. The second kappa shape index (κ2) is 5.78. The zero-order chi connectivity index (χ0) is 13.8. The van der Waals surface area contributed by atoms with Crippen molar-refractivity contribution >= 4 is 5.69 Å². The highest BCUT2D eigenvalue weighted by atomic mass is 16.7. The maximum Gasteiger partial charge on any atom is 0.168 e. The van der Waals surface area contributed by atoms with E-state index in [9.17, 15) is 0 Å². The quantitative estimate of drug-likeness (QED) is 0.916. The van der Waals surface area contributed by atoms with Crippen LogP contribution in [0.25, 0.3) is 0 Å². The van der Waals surface area contributed by atoms with Crippen LogP contribution in [0.2, 0.25) is 0 Å². The minimum atomic E-state index is -0.312. The Kier molecular flexibility index (Phi) is 3.86. The van der Waals surface area contributed by atoms with Crippen LogP contribution >= 0.6 is 0 Å². The second-order valence-electron chi connectivity index (χ2n) is 5.45. The second-order valence-corrected chi connectivity index (χ2v) is 5.45. The summed E-state index contributed by atoms with van der Waals surface area (Å²) in [5.74, 6) is -0.312. The summed E-state index contributed by atoms with van der Waals surface area (Å²) in [6, 6.07) is 5.57. The summed E-state index contributed by atoms with van der Waals surface area (Å²) in [5, 5.41) is 12.0. The summed E-state index contributed by atoms with van der Waals surface area (Å²) in [6.07, 6.45) is 7.46. The van der Waals surface area contributed by atoms with Gasteiger partial charge in [-0.05, 0) is 25.0 Å². The van der Waals surface area contributed by atoms with Crippen LogP contribution in [0.15, 0.2) is 18.3 Å². The Morgan fingerprint density at radius 2 is 2.20 bits per heavy atom. The number of nitriles is 1. The molecule has 0 aromatic carbocycles. The Labute approximate surface area is 118 Å². The summed E-state index contributed by atoms with van der Waals surface area (Å²) >= 11 is 0. The zero-order valence-corrected chi connectivity index (χ0v) is 11.5. The van der Waals surface area contributed by atoms with Crippen molar-refractivity contribution in [3.63, 3.8) is 0 Å². The number of rotatable bonds is 3. The SMILES string of the molecule is N#Cc1ccc(NCC2COC3(CCCCC3)O2)cn1. The van der Waals surface area contributed by atoms with E-state index in [4.69, 9.17) is 14.7 Å². The molecule has 1 aliphatic carbocycles.